The molecule has 1 aromatic carbocycles. The number of hydrogen-bond donors (Lipinski definition) is 0. The molecule has 100 valence electrons. The molecule has 0 saturated carbocycles. The third kappa shape index (κ3) is 4.67. The van der Waals surface area contributed by atoms with E-state index in [2.05, 4.69) is 11.8 Å². The topological polar surface area (TPSA) is 23.6 Å². The first-order chi connectivity index (χ1) is 8.40. The number of rotatable bonds is 5. The Labute approximate surface area is 114 Å². The minimum Gasteiger partial charge on any atom is -0.348 e. The van der Waals surface area contributed by atoms with Crippen LogP contribution in [-0.2, 0) is 11.2 Å². The summed E-state index contributed by atoms with van der Waals surface area (Å²) in [6.07, 6.45) is 0.911. The second kappa shape index (κ2) is 6.76. The Morgan fingerprint density at radius 1 is 1.22 bits per heavy atom. The number of carbonyl (C=O) groups excluding carboxylic acids is 1. The van der Waals surface area contributed by atoms with E-state index in [-0.39, 0.29) is 5.91 Å². The number of benzene rings is 1. The van der Waals surface area contributed by atoms with E-state index in [4.69, 9.17) is 11.6 Å². The van der Waals surface area contributed by atoms with Crippen LogP contribution in [0.15, 0.2) is 24.3 Å². The van der Waals surface area contributed by atoms with Crippen molar-refractivity contribution in [3.8, 4) is 0 Å². The lowest BCUT2D eigenvalue weighted by Crippen LogP contribution is -2.39. The highest BCUT2D eigenvalue weighted by Crippen LogP contribution is 2.12. The van der Waals surface area contributed by atoms with Crippen LogP contribution in [0.4, 0.5) is 0 Å². The maximum atomic E-state index is 11.6. The molecule has 18 heavy (non-hydrogen) atoms. The van der Waals surface area contributed by atoms with Gasteiger partial charge in [0.1, 0.15) is 0 Å². The smallest absolute Gasteiger partial charge is 0.236 e. The third-order valence-electron chi connectivity index (χ3n) is 3.08. The highest BCUT2D eigenvalue weighted by molar-refractivity contribution is 6.30. The molecule has 0 saturated heterocycles. The molecule has 0 fully saturated rings. The summed E-state index contributed by atoms with van der Waals surface area (Å²) in [6, 6.07) is 8.17. The zero-order chi connectivity index (χ0) is 13.7. The van der Waals surface area contributed by atoms with Crippen LogP contribution in [0.25, 0.3) is 0 Å². The van der Waals surface area contributed by atoms with Crippen molar-refractivity contribution in [2.75, 3.05) is 27.7 Å². The maximum Gasteiger partial charge on any atom is 0.236 e. The van der Waals surface area contributed by atoms with E-state index in [1.165, 1.54) is 5.56 Å². The van der Waals surface area contributed by atoms with Gasteiger partial charge in [0.15, 0.2) is 0 Å². The molecular weight excluding hydrogens is 248 g/mol. The summed E-state index contributed by atoms with van der Waals surface area (Å²) in [5.41, 5.74) is 1.23. The van der Waals surface area contributed by atoms with Crippen LogP contribution in [0, 0.1) is 0 Å². The first kappa shape index (κ1) is 15.0. The predicted molar refractivity (Wildman–Crippen MR) is 75.9 cm³/mol. The van der Waals surface area contributed by atoms with Crippen LogP contribution in [0.2, 0.25) is 5.02 Å². The summed E-state index contributed by atoms with van der Waals surface area (Å²) in [4.78, 5) is 15.3. The van der Waals surface area contributed by atoms with Gasteiger partial charge in [-0.3, -0.25) is 9.69 Å². The monoisotopic (exact) mass is 268 g/mol. The van der Waals surface area contributed by atoms with Crippen LogP contribution in [-0.4, -0.2) is 49.4 Å². The van der Waals surface area contributed by atoms with E-state index in [1.807, 2.05) is 31.3 Å². The lowest BCUT2D eigenvalue weighted by atomic mass is 10.1. The molecule has 0 heterocycles. The molecule has 1 amide bonds. The molecule has 0 aliphatic rings. The van der Waals surface area contributed by atoms with Crippen LogP contribution in [0.1, 0.15) is 12.5 Å². The van der Waals surface area contributed by atoms with Crippen molar-refractivity contribution in [2.45, 2.75) is 19.4 Å². The van der Waals surface area contributed by atoms with Crippen LogP contribution >= 0.6 is 11.6 Å². The minimum absolute atomic E-state index is 0.125. The number of carbonyl (C=O) groups is 1. The van der Waals surface area contributed by atoms with Gasteiger partial charge in [-0.2, -0.15) is 0 Å². The minimum atomic E-state index is 0.125. The van der Waals surface area contributed by atoms with Crippen molar-refractivity contribution >= 4 is 17.5 Å². The number of hydrogen-bond acceptors (Lipinski definition) is 2. The van der Waals surface area contributed by atoms with Gasteiger partial charge < -0.3 is 4.90 Å². The number of nitrogens with zero attached hydrogens (tertiary/aromatic N) is 2. The first-order valence-corrected chi connectivity index (χ1v) is 6.42. The molecule has 1 atom stereocenters. The van der Waals surface area contributed by atoms with Crippen molar-refractivity contribution in [2.24, 2.45) is 0 Å². The van der Waals surface area contributed by atoms with Crippen molar-refractivity contribution in [1.82, 2.24) is 9.80 Å². The summed E-state index contributed by atoms with van der Waals surface area (Å²) in [5.74, 6) is 0.125. The van der Waals surface area contributed by atoms with Gasteiger partial charge in [0.2, 0.25) is 5.91 Å². The molecule has 1 rings (SSSR count). The average molecular weight is 269 g/mol. The second-order valence-corrected chi connectivity index (χ2v) is 5.32. The molecular formula is C14H21ClN2O. The Morgan fingerprint density at radius 3 is 2.28 bits per heavy atom. The number of halogens is 1. The van der Waals surface area contributed by atoms with Crippen molar-refractivity contribution in [1.29, 1.82) is 0 Å². The molecule has 0 aliphatic heterocycles. The zero-order valence-electron chi connectivity index (χ0n) is 11.5. The first-order valence-electron chi connectivity index (χ1n) is 6.05. The van der Waals surface area contributed by atoms with E-state index >= 15 is 0 Å². The van der Waals surface area contributed by atoms with Gasteiger partial charge in [0.05, 0.1) is 6.54 Å². The normalized spacial score (nSPS) is 12.6. The molecule has 4 heteroatoms. The fourth-order valence-corrected chi connectivity index (χ4v) is 1.75. The van der Waals surface area contributed by atoms with E-state index in [9.17, 15) is 4.79 Å². The van der Waals surface area contributed by atoms with Crippen molar-refractivity contribution in [3.05, 3.63) is 34.9 Å². The van der Waals surface area contributed by atoms with E-state index in [1.54, 1.807) is 19.0 Å². The Kier molecular flexibility index (Phi) is 5.63. The summed E-state index contributed by atoms with van der Waals surface area (Å²) in [7, 11) is 5.53. The van der Waals surface area contributed by atoms with Crippen LogP contribution in [0.5, 0.6) is 0 Å². The quantitative estimate of drug-likeness (QED) is 0.818. The highest BCUT2D eigenvalue weighted by atomic mass is 35.5. The molecule has 3 nitrogen and oxygen atoms in total. The Morgan fingerprint density at radius 2 is 1.78 bits per heavy atom. The number of amides is 1. The maximum absolute atomic E-state index is 11.6. The van der Waals surface area contributed by atoms with Crippen LogP contribution in [0.3, 0.4) is 0 Å². The lowest BCUT2D eigenvalue weighted by Gasteiger charge is -2.25. The summed E-state index contributed by atoms with van der Waals surface area (Å²) < 4.78 is 0. The molecule has 0 N–H and O–H groups in total. The van der Waals surface area contributed by atoms with Crippen molar-refractivity contribution in [3.63, 3.8) is 0 Å². The number of likely N-dealkylation sites (N-methyl/N-ethyl adjacent to an activating group) is 2. The summed E-state index contributed by atoms with van der Waals surface area (Å²) >= 11 is 5.85. The molecule has 0 unspecified atom stereocenters. The Hall–Kier alpha value is -1.06. The van der Waals surface area contributed by atoms with E-state index in [0.29, 0.717) is 12.6 Å². The standard InChI is InChI=1S/C14H21ClN2O/c1-11(17(4)10-14(18)16(2)3)9-12-5-7-13(15)8-6-12/h5-8,11H,9-10H2,1-4H3/t11-/m1/s1. The largest absolute Gasteiger partial charge is 0.348 e. The Balaban J connectivity index is 2.51. The molecule has 1 aromatic rings. The van der Waals surface area contributed by atoms with E-state index < -0.39 is 0 Å². The summed E-state index contributed by atoms with van der Waals surface area (Å²) in [6.45, 7) is 2.57. The molecule has 0 aliphatic carbocycles. The third-order valence-corrected chi connectivity index (χ3v) is 3.33. The SMILES string of the molecule is C[C@H](Cc1ccc(Cl)cc1)N(C)CC(=O)N(C)C. The summed E-state index contributed by atoms with van der Waals surface area (Å²) in [5, 5.41) is 0.752. The second-order valence-electron chi connectivity index (χ2n) is 4.88. The molecule has 0 spiro atoms. The predicted octanol–water partition coefficient (Wildman–Crippen LogP) is 2.29. The zero-order valence-corrected chi connectivity index (χ0v) is 12.2. The molecule has 0 radical (unpaired) electrons. The van der Waals surface area contributed by atoms with Gasteiger partial charge in [-0.1, -0.05) is 23.7 Å². The van der Waals surface area contributed by atoms with Gasteiger partial charge in [-0.15, -0.1) is 0 Å². The van der Waals surface area contributed by atoms with Gasteiger partial charge in [0.25, 0.3) is 0 Å². The van der Waals surface area contributed by atoms with Gasteiger partial charge in [-0.25, -0.2) is 0 Å². The lowest BCUT2D eigenvalue weighted by molar-refractivity contribution is -0.130. The molecule has 0 aromatic heterocycles. The van der Waals surface area contributed by atoms with Gasteiger partial charge in [-0.05, 0) is 38.1 Å². The van der Waals surface area contributed by atoms with Crippen LogP contribution < -0.4 is 0 Å². The highest BCUT2D eigenvalue weighted by Gasteiger charge is 2.14. The average Bonchev–Trinajstić information content (AvgIpc) is 2.31. The molecule has 0 bridgehead atoms. The van der Waals surface area contributed by atoms with Crippen molar-refractivity contribution < 1.29 is 4.79 Å². The van der Waals surface area contributed by atoms with Gasteiger partial charge >= 0.3 is 0 Å². The fraction of sp³-hybridized carbons (Fsp3) is 0.500. The fourth-order valence-electron chi connectivity index (χ4n) is 1.63. The van der Waals surface area contributed by atoms with Gasteiger partial charge in [0, 0.05) is 25.2 Å². The Bertz CT molecular complexity index is 389. The van der Waals surface area contributed by atoms with E-state index in [0.717, 1.165) is 11.4 Å².